The molecule has 2 saturated carbocycles. The predicted molar refractivity (Wildman–Crippen MR) is 254 cm³/mol. The molecule has 0 N–H and O–H groups in total. The summed E-state index contributed by atoms with van der Waals surface area (Å²) in [6.07, 6.45) is 30.6. The van der Waals surface area contributed by atoms with Gasteiger partial charge in [-0.05, 0) is 158 Å². The van der Waals surface area contributed by atoms with Gasteiger partial charge in [-0.3, -0.25) is 0 Å². The standard InChI is InChI=1S/2C14H26.2C10H18.C6H14/c1-5-12(4)6-7-13-8-9-14(10-13)11(2)3;1-6-8-9-14(12(3)4)11-10-13(5)7-2;1-4-9-5-6-10(7-9)8(2)3;1-5-7-8-10(6-2)9(3)4;1-4-6(3)5-2/h12-14H,2,5-10H2,1,3-4H3;6,13-14H,1,3,7-11H2,2,4-5H3;9-10H,2,4-7H2,1,3H3;5,10H,1,3,6-8H2,2,4H3;6H,4-5H2,1-3H3. The summed E-state index contributed by atoms with van der Waals surface area (Å²) in [6, 6.07) is 0. The number of rotatable bonds is 22. The van der Waals surface area contributed by atoms with Gasteiger partial charge in [-0.1, -0.05) is 174 Å². The van der Waals surface area contributed by atoms with Crippen LogP contribution >= 0.6 is 0 Å². The molecule has 54 heavy (non-hydrogen) atoms. The van der Waals surface area contributed by atoms with Crippen LogP contribution in [0.25, 0.3) is 0 Å². The van der Waals surface area contributed by atoms with Crippen molar-refractivity contribution in [3.63, 3.8) is 0 Å². The third-order valence-electron chi connectivity index (χ3n) is 13.2. The molecule has 8 atom stereocenters. The molecule has 0 aliphatic heterocycles. The molecule has 318 valence electrons. The molecule has 0 aromatic heterocycles. The van der Waals surface area contributed by atoms with Crippen molar-refractivity contribution in [2.45, 2.75) is 218 Å². The minimum Gasteiger partial charge on any atom is -0.103 e. The van der Waals surface area contributed by atoms with Crippen molar-refractivity contribution in [2.75, 3.05) is 0 Å². The lowest BCUT2D eigenvalue weighted by Gasteiger charge is -2.18. The summed E-state index contributed by atoms with van der Waals surface area (Å²) in [5, 5.41) is 0. The molecule has 0 radical (unpaired) electrons. The van der Waals surface area contributed by atoms with Gasteiger partial charge in [0.2, 0.25) is 0 Å². The maximum Gasteiger partial charge on any atom is -0.0206 e. The van der Waals surface area contributed by atoms with E-state index in [1.54, 1.807) is 0 Å². The van der Waals surface area contributed by atoms with Gasteiger partial charge < -0.3 is 0 Å². The molecule has 0 aromatic rings. The molecule has 2 rings (SSSR count). The van der Waals surface area contributed by atoms with Crippen LogP contribution in [0, 0.1) is 53.3 Å². The Hall–Kier alpha value is -1.56. The smallest absolute Gasteiger partial charge is 0.0206 e. The molecule has 2 fully saturated rings. The Labute approximate surface area is 344 Å². The van der Waals surface area contributed by atoms with Gasteiger partial charge in [0.05, 0.1) is 0 Å². The fourth-order valence-electron chi connectivity index (χ4n) is 7.46. The van der Waals surface area contributed by atoms with Crippen molar-refractivity contribution in [3.8, 4) is 0 Å². The molecule has 0 saturated heterocycles. The van der Waals surface area contributed by atoms with Gasteiger partial charge >= 0.3 is 0 Å². The summed E-state index contributed by atoms with van der Waals surface area (Å²) in [6.45, 7) is 52.7. The van der Waals surface area contributed by atoms with E-state index in [9.17, 15) is 0 Å². The van der Waals surface area contributed by atoms with Gasteiger partial charge in [0.1, 0.15) is 0 Å². The van der Waals surface area contributed by atoms with Gasteiger partial charge in [-0.25, -0.2) is 0 Å². The highest BCUT2D eigenvalue weighted by atomic mass is 14.3. The van der Waals surface area contributed by atoms with Crippen LogP contribution in [0.5, 0.6) is 0 Å². The monoisotopic (exact) mass is 751 g/mol. The number of hydrogen-bond donors (Lipinski definition) is 0. The zero-order chi connectivity index (χ0) is 42.1. The Morgan fingerprint density at radius 2 is 0.907 bits per heavy atom. The van der Waals surface area contributed by atoms with Crippen LogP contribution in [-0.4, -0.2) is 0 Å². The summed E-state index contributed by atoms with van der Waals surface area (Å²) in [5.74, 6) is 7.85. The van der Waals surface area contributed by atoms with Crippen LogP contribution in [0.3, 0.4) is 0 Å². The zero-order valence-corrected chi connectivity index (χ0v) is 39.7. The SMILES string of the molecule is C=C(C)C1CCC(CC)C1.C=C(C)C1CCC(CCC(C)CC)C1.C=CCCC(CC)C(=C)C.C=CCCC(CCC(C)CC)C(=C)C.CCC(C)CC. The first-order chi connectivity index (χ1) is 25.5. The van der Waals surface area contributed by atoms with Gasteiger partial charge in [0.15, 0.2) is 0 Å². The lowest BCUT2D eigenvalue weighted by Crippen LogP contribution is -2.04. The molecule has 0 aromatic carbocycles. The normalized spacial score (nSPS) is 20.9. The van der Waals surface area contributed by atoms with Crippen LogP contribution in [-0.2, 0) is 0 Å². The Balaban J connectivity index is -0.000000618. The molecule has 2 aliphatic carbocycles. The lowest BCUT2D eigenvalue weighted by atomic mass is 9.88. The molecule has 0 bridgehead atoms. The number of allylic oxidation sites excluding steroid dienone is 6. The summed E-state index contributed by atoms with van der Waals surface area (Å²) in [4.78, 5) is 0. The Morgan fingerprint density at radius 3 is 1.22 bits per heavy atom. The van der Waals surface area contributed by atoms with Crippen molar-refractivity contribution >= 4 is 0 Å². The fourth-order valence-corrected chi connectivity index (χ4v) is 7.46. The van der Waals surface area contributed by atoms with E-state index in [0.717, 1.165) is 54.3 Å². The van der Waals surface area contributed by atoms with E-state index in [4.69, 9.17) is 0 Å². The van der Waals surface area contributed by atoms with E-state index in [2.05, 4.69) is 129 Å². The molecule has 0 amide bonds. The molecule has 0 heteroatoms. The Kier molecular flexibility index (Phi) is 38.9. The highest BCUT2D eigenvalue weighted by molar-refractivity contribution is 5.01. The summed E-state index contributed by atoms with van der Waals surface area (Å²) < 4.78 is 0. The van der Waals surface area contributed by atoms with Crippen LogP contribution < -0.4 is 0 Å². The first-order valence-corrected chi connectivity index (χ1v) is 23.3. The van der Waals surface area contributed by atoms with Crippen LogP contribution in [0.4, 0.5) is 0 Å². The highest BCUT2D eigenvalue weighted by Gasteiger charge is 2.25. The fraction of sp³-hybridized carbons (Fsp3) is 0.778. The molecule has 0 spiro atoms. The van der Waals surface area contributed by atoms with Crippen LogP contribution in [0.15, 0.2) is 73.9 Å². The molecular weight excluding hydrogens is 649 g/mol. The second-order valence-electron chi connectivity index (χ2n) is 18.2. The summed E-state index contributed by atoms with van der Waals surface area (Å²) in [5.41, 5.74) is 5.46. The molecular formula is C54H102. The van der Waals surface area contributed by atoms with Crippen LogP contribution in [0.1, 0.15) is 218 Å². The quantitative estimate of drug-likeness (QED) is 0.0967. The van der Waals surface area contributed by atoms with Gasteiger partial charge in [0, 0.05) is 0 Å². The average molecular weight is 751 g/mol. The van der Waals surface area contributed by atoms with Crippen molar-refractivity contribution in [1.82, 2.24) is 0 Å². The van der Waals surface area contributed by atoms with Gasteiger partial charge in [-0.2, -0.15) is 0 Å². The lowest BCUT2D eigenvalue weighted by molar-refractivity contribution is 0.402. The molecule has 0 heterocycles. The van der Waals surface area contributed by atoms with E-state index < -0.39 is 0 Å². The van der Waals surface area contributed by atoms with Crippen molar-refractivity contribution in [1.29, 1.82) is 0 Å². The predicted octanol–water partition coefficient (Wildman–Crippen LogP) is 19.2. The van der Waals surface area contributed by atoms with E-state index in [-0.39, 0.29) is 0 Å². The largest absolute Gasteiger partial charge is 0.103 e. The van der Waals surface area contributed by atoms with Crippen LogP contribution in [0.2, 0.25) is 0 Å². The Bertz CT molecular complexity index is 941. The molecule has 2 aliphatic rings. The summed E-state index contributed by atoms with van der Waals surface area (Å²) >= 11 is 0. The average Bonchev–Trinajstić information content (AvgIpc) is 3.85. The zero-order valence-electron chi connectivity index (χ0n) is 39.7. The van der Waals surface area contributed by atoms with Crippen molar-refractivity contribution < 1.29 is 0 Å². The topological polar surface area (TPSA) is 0 Å². The first kappa shape index (κ1) is 56.8. The van der Waals surface area contributed by atoms with E-state index in [1.165, 1.54) is 138 Å². The second-order valence-corrected chi connectivity index (χ2v) is 18.2. The number of hydrogen-bond acceptors (Lipinski definition) is 0. The van der Waals surface area contributed by atoms with Crippen molar-refractivity contribution in [2.24, 2.45) is 53.3 Å². The molecule has 0 nitrogen and oxygen atoms in total. The van der Waals surface area contributed by atoms with E-state index >= 15 is 0 Å². The Morgan fingerprint density at radius 1 is 0.500 bits per heavy atom. The summed E-state index contributed by atoms with van der Waals surface area (Å²) in [7, 11) is 0. The van der Waals surface area contributed by atoms with E-state index in [0.29, 0.717) is 11.8 Å². The maximum absolute atomic E-state index is 4.08. The van der Waals surface area contributed by atoms with Gasteiger partial charge in [-0.15, -0.1) is 13.2 Å². The van der Waals surface area contributed by atoms with Gasteiger partial charge in [0.25, 0.3) is 0 Å². The third-order valence-corrected chi connectivity index (χ3v) is 13.2. The van der Waals surface area contributed by atoms with Crippen molar-refractivity contribution in [3.05, 3.63) is 73.9 Å². The molecule has 8 unspecified atom stereocenters. The minimum atomic E-state index is 0.706. The minimum absolute atomic E-state index is 0.706. The first-order valence-electron chi connectivity index (χ1n) is 23.3. The highest BCUT2D eigenvalue weighted by Crippen LogP contribution is 2.38. The second kappa shape index (κ2) is 37.0. The maximum atomic E-state index is 4.08. The third kappa shape index (κ3) is 31.6. The van der Waals surface area contributed by atoms with E-state index in [1.807, 2.05) is 12.2 Å².